The maximum Gasteiger partial charge on any atom is 0.311 e. The minimum atomic E-state index is -1.19. The third-order valence-electron chi connectivity index (χ3n) is 5.02. The molecule has 2 aromatic carbocycles. The molecule has 1 saturated carbocycles. The van der Waals surface area contributed by atoms with Gasteiger partial charge in [0.1, 0.15) is 27.8 Å². The number of rotatable bonds is 6. The topological polar surface area (TPSA) is 79.6 Å². The smallest absolute Gasteiger partial charge is 0.311 e. The number of halogens is 2. The summed E-state index contributed by atoms with van der Waals surface area (Å²) in [7, 11) is 0. The van der Waals surface area contributed by atoms with Gasteiger partial charge in [-0.3, -0.25) is 4.79 Å². The number of allylic oxidation sites excluding steroid dienone is 1. The lowest BCUT2D eigenvalue weighted by molar-refractivity contribution is -0.149. The zero-order chi connectivity index (χ0) is 21.2. The number of carbonyl (C=O) groups is 1. The number of para-hydroxylation sites is 1. The van der Waals surface area contributed by atoms with Crippen LogP contribution in [-0.4, -0.2) is 11.1 Å². The molecule has 0 aromatic heterocycles. The molecule has 7 heteroatoms. The molecular formula is C22H19Cl2NO4. The van der Waals surface area contributed by atoms with E-state index >= 15 is 0 Å². The Balaban J connectivity index is 1.77. The summed E-state index contributed by atoms with van der Waals surface area (Å²) < 4.78 is 11.2. The molecular weight excluding hydrogens is 413 g/mol. The van der Waals surface area contributed by atoms with Crippen LogP contribution in [0.5, 0.6) is 17.2 Å². The Bertz CT molecular complexity index is 978. The van der Waals surface area contributed by atoms with Gasteiger partial charge in [-0.25, -0.2) is 0 Å². The van der Waals surface area contributed by atoms with E-state index in [1.54, 1.807) is 24.3 Å². The van der Waals surface area contributed by atoms with E-state index in [1.165, 1.54) is 12.1 Å². The molecule has 3 rings (SSSR count). The second-order valence-corrected chi connectivity index (χ2v) is 8.41. The van der Waals surface area contributed by atoms with E-state index in [2.05, 4.69) is 0 Å². The number of phenols is 1. The van der Waals surface area contributed by atoms with Crippen LogP contribution in [0.15, 0.2) is 59.1 Å². The first-order valence-electron chi connectivity index (χ1n) is 8.92. The number of aromatic hydroxyl groups is 1. The van der Waals surface area contributed by atoms with Gasteiger partial charge in [-0.05, 0) is 41.7 Å². The van der Waals surface area contributed by atoms with Crippen molar-refractivity contribution in [3.05, 3.63) is 64.7 Å². The monoisotopic (exact) mass is 431 g/mol. The molecule has 0 amide bonds. The Morgan fingerprint density at radius 1 is 1.21 bits per heavy atom. The van der Waals surface area contributed by atoms with E-state index in [0.717, 1.165) is 0 Å². The van der Waals surface area contributed by atoms with Gasteiger partial charge < -0.3 is 14.6 Å². The number of nitrogens with zero attached hydrogens (tertiary/aromatic N) is 1. The standard InChI is InChI=1S/C22H19Cl2NO4/c1-22(2)17(11-19(23)24)20(22)21(27)29-18(12-25)13-8-14(26)10-16(9-13)28-15-6-4-3-5-7-15/h3-11,17-18,20,26H,1-2H3/t17-,18+,20-/m0/s1. The largest absolute Gasteiger partial charge is 0.508 e. The molecule has 1 aliphatic rings. The van der Waals surface area contributed by atoms with Gasteiger partial charge in [0.15, 0.2) is 0 Å². The first-order valence-corrected chi connectivity index (χ1v) is 9.67. The van der Waals surface area contributed by atoms with Gasteiger partial charge in [-0.15, -0.1) is 0 Å². The maximum absolute atomic E-state index is 12.6. The molecule has 0 radical (unpaired) electrons. The molecule has 29 heavy (non-hydrogen) atoms. The highest BCUT2D eigenvalue weighted by atomic mass is 35.5. The zero-order valence-corrected chi connectivity index (χ0v) is 17.3. The zero-order valence-electron chi connectivity index (χ0n) is 15.8. The molecule has 3 atom stereocenters. The summed E-state index contributed by atoms with van der Waals surface area (Å²) >= 11 is 11.4. The van der Waals surface area contributed by atoms with Crippen LogP contribution in [0.4, 0.5) is 0 Å². The number of ether oxygens (including phenoxy) is 2. The van der Waals surface area contributed by atoms with Gasteiger partial charge in [0, 0.05) is 11.6 Å². The average molecular weight is 432 g/mol. The summed E-state index contributed by atoms with van der Waals surface area (Å²) in [5.41, 5.74) is -0.0558. The molecule has 0 bridgehead atoms. The fraction of sp³-hybridized carbons (Fsp3) is 0.273. The van der Waals surface area contributed by atoms with Crippen LogP contribution in [0.2, 0.25) is 0 Å². The van der Waals surface area contributed by atoms with Crippen molar-refractivity contribution in [2.75, 3.05) is 0 Å². The predicted octanol–water partition coefficient (Wildman–Crippen LogP) is 5.88. The summed E-state index contributed by atoms with van der Waals surface area (Å²) in [4.78, 5) is 12.6. The van der Waals surface area contributed by atoms with E-state index < -0.39 is 18.0 Å². The van der Waals surface area contributed by atoms with Crippen LogP contribution in [0.3, 0.4) is 0 Å². The van der Waals surface area contributed by atoms with Crippen molar-refractivity contribution in [2.45, 2.75) is 20.0 Å². The van der Waals surface area contributed by atoms with Gasteiger partial charge in [0.25, 0.3) is 0 Å². The lowest BCUT2D eigenvalue weighted by Crippen LogP contribution is -2.14. The lowest BCUT2D eigenvalue weighted by Gasteiger charge is -2.14. The van der Waals surface area contributed by atoms with E-state index in [9.17, 15) is 15.2 Å². The van der Waals surface area contributed by atoms with Crippen molar-refractivity contribution in [3.8, 4) is 23.3 Å². The van der Waals surface area contributed by atoms with Crippen LogP contribution in [0.25, 0.3) is 0 Å². The number of nitriles is 1. The number of esters is 1. The Kier molecular flexibility index (Phi) is 6.07. The molecule has 5 nitrogen and oxygen atoms in total. The number of carbonyl (C=O) groups excluding carboxylic acids is 1. The van der Waals surface area contributed by atoms with Crippen LogP contribution in [0.1, 0.15) is 25.5 Å². The van der Waals surface area contributed by atoms with Crippen molar-refractivity contribution < 1.29 is 19.4 Å². The minimum absolute atomic E-state index is 0.0888. The molecule has 150 valence electrons. The highest BCUT2D eigenvalue weighted by molar-refractivity contribution is 6.55. The number of phenolic OH excluding ortho intramolecular Hbond substituents is 1. The minimum Gasteiger partial charge on any atom is -0.508 e. The van der Waals surface area contributed by atoms with Gasteiger partial charge in [-0.2, -0.15) is 5.26 Å². The first-order chi connectivity index (χ1) is 13.7. The van der Waals surface area contributed by atoms with Crippen molar-refractivity contribution in [1.82, 2.24) is 0 Å². The molecule has 1 fully saturated rings. The van der Waals surface area contributed by atoms with Crippen LogP contribution in [0, 0.1) is 28.6 Å². The Labute approximate surface area is 179 Å². The predicted molar refractivity (Wildman–Crippen MR) is 110 cm³/mol. The van der Waals surface area contributed by atoms with Gasteiger partial charge >= 0.3 is 5.97 Å². The van der Waals surface area contributed by atoms with Gasteiger partial charge in [-0.1, -0.05) is 55.2 Å². The Morgan fingerprint density at radius 2 is 1.90 bits per heavy atom. The first kappa shape index (κ1) is 21.0. The molecule has 0 saturated heterocycles. The number of benzene rings is 2. The normalized spacial score (nSPS) is 20.1. The average Bonchev–Trinajstić information content (AvgIpc) is 3.19. The van der Waals surface area contributed by atoms with Crippen LogP contribution >= 0.6 is 23.2 Å². The SMILES string of the molecule is CC1(C)[C@H](C(=O)O[C@H](C#N)c2cc(O)cc(Oc3ccccc3)c2)[C@@H]1C=C(Cl)Cl. The van der Waals surface area contributed by atoms with Crippen molar-refractivity contribution in [3.63, 3.8) is 0 Å². The quantitative estimate of drug-likeness (QED) is 0.577. The Morgan fingerprint density at radius 3 is 2.52 bits per heavy atom. The second kappa shape index (κ2) is 8.36. The third kappa shape index (κ3) is 4.84. The molecule has 0 aliphatic heterocycles. The number of hydrogen-bond donors (Lipinski definition) is 1. The van der Waals surface area contributed by atoms with Crippen LogP contribution in [-0.2, 0) is 9.53 Å². The number of hydrogen-bond acceptors (Lipinski definition) is 5. The van der Waals surface area contributed by atoms with E-state index in [1.807, 2.05) is 38.1 Å². The summed E-state index contributed by atoms with van der Waals surface area (Å²) in [5.74, 6) is -0.355. The molecule has 1 aliphatic carbocycles. The summed E-state index contributed by atoms with van der Waals surface area (Å²) in [6, 6.07) is 15.3. The molecule has 0 heterocycles. The summed E-state index contributed by atoms with van der Waals surface area (Å²) in [6.07, 6.45) is 0.413. The second-order valence-electron chi connectivity index (χ2n) is 7.40. The van der Waals surface area contributed by atoms with E-state index in [-0.39, 0.29) is 21.6 Å². The van der Waals surface area contributed by atoms with Gasteiger partial charge in [0.2, 0.25) is 6.10 Å². The lowest BCUT2D eigenvalue weighted by atomic mass is 10.1. The summed E-state index contributed by atoms with van der Waals surface area (Å²) in [5, 5.41) is 19.6. The van der Waals surface area contributed by atoms with Gasteiger partial charge in [0.05, 0.1) is 5.92 Å². The van der Waals surface area contributed by atoms with Crippen molar-refractivity contribution in [2.24, 2.45) is 17.3 Å². The third-order valence-corrected chi connectivity index (χ3v) is 5.27. The van der Waals surface area contributed by atoms with E-state index in [4.69, 9.17) is 32.7 Å². The van der Waals surface area contributed by atoms with E-state index in [0.29, 0.717) is 17.1 Å². The highest BCUT2D eigenvalue weighted by Gasteiger charge is 2.62. The van der Waals surface area contributed by atoms with Crippen molar-refractivity contribution >= 4 is 29.2 Å². The molecule has 0 spiro atoms. The molecule has 0 unspecified atom stereocenters. The highest BCUT2D eigenvalue weighted by Crippen LogP contribution is 2.60. The Hall–Kier alpha value is -2.68. The van der Waals surface area contributed by atoms with Crippen LogP contribution < -0.4 is 4.74 Å². The summed E-state index contributed by atoms with van der Waals surface area (Å²) in [6.45, 7) is 3.80. The molecule has 1 N–H and O–H groups in total. The fourth-order valence-electron chi connectivity index (χ4n) is 3.37. The van der Waals surface area contributed by atoms with Crippen molar-refractivity contribution in [1.29, 1.82) is 5.26 Å². The molecule has 2 aromatic rings. The maximum atomic E-state index is 12.6. The fourth-order valence-corrected chi connectivity index (χ4v) is 3.65.